The van der Waals surface area contributed by atoms with Gasteiger partial charge in [-0.25, -0.2) is 0 Å². The number of H-pyrrole nitrogens is 2. The molecule has 2 aliphatic carbocycles. The normalized spacial score (nSPS) is 17.3. The maximum atomic E-state index is 13.4. The molecule has 3 aromatic heterocycles. The van der Waals surface area contributed by atoms with Crippen LogP contribution in [0.4, 0.5) is 0 Å². The number of aromatic hydroxyl groups is 2. The van der Waals surface area contributed by atoms with E-state index in [0.717, 1.165) is 64.2 Å². The molecule has 196 valence electrons. The van der Waals surface area contributed by atoms with E-state index >= 15 is 0 Å². The van der Waals surface area contributed by atoms with Gasteiger partial charge in [0.15, 0.2) is 9.54 Å². The molecule has 4 N–H and O–H groups in total. The zero-order valence-corrected chi connectivity index (χ0v) is 22.1. The predicted octanol–water partition coefficient (Wildman–Crippen LogP) is 5.12. The summed E-state index contributed by atoms with van der Waals surface area (Å²) in [6.07, 6.45) is 11.0. The van der Waals surface area contributed by atoms with Crippen molar-refractivity contribution in [1.82, 2.24) is 24.1 Å². The number of rotatable bonds is 5. The molecule has 0 bridgehead atoms. The van der Waals surface area contributed by atoms with Gasteiger partial charge in [0.25, 0.3) is 11.1 Å². The van der Waals surface area contributed by atoms with Gasteiger partial charge in [-0.15, -0.1) is 0 Å². The van der Waals surface area contributed by atoms with Crippen LogP contribution in [-0.2, 0) is 0 Å². The molecule has 0 aromatic carbocycles. The highest BCUT2D eigenvalue weighted by Crippen LogP contribution is 2.40. The van der Waals surface area contributed by atoms with Crippen LogP contribution in [0.15, 0.2) is 34.0 Å². The fourth-order valence-electron chi connectivity index (χ4n) is 5.97. The molecule has 0 aliphatic heterocycles. The van der Waals surface area contributed by atoms with Gasteiger partial charge in [0.05, 0.1) is 22.7 Å². The Labute approximate surface area is 223 Å². The number of pyridine rings is 1. The zero-order chi connectivity index (χ0) is 26.1. The van der Waals surface area contributed by atoms with Crippen LogP contribution in [0.2, 0.25) is 0 Å². The molecule has 3 aromatic rings. The SMILES string of the molecule is O=c1[nH]c(=S)n(C2CCCCC2)c(O)c1C(c1ccccn1)c1c(O)n(C2CCCCC2)c(=S)[nH]c1=O. The van der Waals surface area contributed by atoms with Crippen molar-refractivity contribution in [2.45, 2.75) is 82.2 Å². The number of hydrogen-bond donors (Lipinski definition) is 4. The summed E-state index contributed by atoms with van der Waals surface area (Å²) >= 11 is 10.9. The van der Waals surface area contributed by atoms with Gasteiger partial charge >= 0.3 is 0 Å². The van der Waals surface area contributed by atoms with E-state index in [1.54, 1.807) is 33.5 Å². The van der Waals surface area contributed by atoms with Gasteiger partial charge in [-0.3, -0.25) is 33.7 Å². The van der Waals surface area contributed by atoms with Gasteiger partial charge < -0.3 is 10.2 Å². The summed E-state index contributed by atoms with van der Waals surface area (Å²) in [5, 5.41) is 23.2. The average Bonchev–Trinajstić information content (AvgIpc) is 2.89. The number of aromatic amines is 2. The second-order valence-corrected chi connectivity index (χ2v) is 10.8. The molecule has 2 fully saturated rings. The molecule has 37 heavy (non-hydrogen) atoms. The first-order chi connectivity index (χ1) is 17.9. The monoisotopic (exact) mass is 541 g/mol. The fraction of sp³-hybridized carbons (Fsp3) is 0.500. The second kappa shape index (κ2) is 10.7. The summed E-state index contributed by atoms with van der Waals surface area (Å²) in [4.78, 5) is 36.7. The lowest BCUT2D eigenvalue weighted by Crippen LogP contribution is -2.30. The summed E-state index contributed by atoms with van der Waals surface area (Å²) < 4.78 is 3.44. The van der Waals surface area contributed by atoms with Crippen LogP contribution in [0, 0.1) is 9.54 Å². The molecule has 11 heteroatoms. The number of hydrogen-bond acceptors (Lipinski definition) is 7. The number of aromatic nitrogens is 5. The third kappa shape index (κ3) is 4.82. The van der Waals surface area contributed by atoms with Crippen molar-refractivity contribution in [2.75, 3.05) is 0 Å². The van der Waals surface area contributed by atoms with Gasteiger partial charge in [0.2, 0.25) is 11.8 Å². The van der Waals surface area contributed by atoms with E-state index in [0.29, 0.717) is 5.69 Å². The summed E-state index contributed by atoms with van der Waals surface area (Å²) in [5.74, 6) is -1.76. The Hall–Kier alpha value is -3.05. The average molecular weight is 542 g/mol. The lowest BCUT2D eigenvalue weighted by atomic mass is 9.89. The van der Waals surface area contributed by atoms with Gasteiger partial charge in [-0.2, -0.15) is 0 Å². The molecule has 5 rings (SSSR count). The van der Waals surface area contributed by atoms with E-state index in [4.69, 9.17) is 24.4 Å². The second-order valence-electron chi connectivity index (χ2n) is 10.0. The van der Waals surface area contributed by atoms with Crippen molar-refractivity contribution >= 4 is 24.4 Å². The van der Waals surface area contributed by atoms with Crippen molar-refractivity contribution < 1.29 is 10.2 Å². The number of nitrogens with one attached hydrogen (secondary N) is 2. The minimum atomic E-state index is -1.15. The molecular weight excluding hydrogens is 510 g/mol. The van der Waals surface area contributed by atoms with Crippen LogP contribution in [0.1, 0.15) is 99.0 Å². The van der Waals surface area contributed by atoms with Gasteiger partial charge in [-0.1, -0.05) is 44.6 Å². The van der Waals surface area contributed by atoms with Gasteiger partial charge in [0, 0.05) is 18.3 Å². The van der Waals surface area contributed by atoms with Gasteiger partial charge in [-0.05, 0) is 62.3 Å². The highest BCUT2D eigenvalue weighted by atomic mass is 32.1. The molecule has 3 heterocycles. The summed E-state index contributed by atoms with van der Waals surface area (Å²) in [6.45, 7) is 0. The summed E-state index contributed by atoms with van der Waals surface area (Å²) in [6, 6.07) is 4.98. The first kappa shape index (κ1) is 25.6. The third-order valence-electron chi connectivity index (χ3n) is 7.75. The minimum absolute atomic E-state index is 0.0738. The highest BCUT2D eigenvalue weighted by Gasteiger charge is 2.34. The van der Waals surface area contributed by atoms with Crippen molar-refractivity contribution in [3.05, 3.63) is 71.5 Å². The molecule has 0 saturated heterocycles. The summed E-state index contributed by atoms with van der Waals surface area (Å²) in [7, 11) is 0. The molecular formula is C26H31N5O4S2. The first-order valence-electron chi connectivity index (χ1n) is 12.9. The van der Waals surface area contributed by atoms with E-state index in [9.17, 15) is 19.8 Å². The van der Waals surface area contributed by atoms with E-state index in [1.807, 2.05) is 0 Å². The van der Waals surface area contributed by atoms with Crippen LogP contribution in [0.25, 0.3) is 0 Å². The molecule has 2 aliphatic rings. The largest absolute Gasteiger partial charge is 0.494 e. The van der Waals surface area contributed by atoms with Crippen molar-refractivity contribution in [2.24, 2.45) is 0 Å². The van der Waals surface area contributed by atoms with Crippen molar-refractivity contribution in [3.8, 4) is 11.8 Å². The summed E-state index contributed by atoms with van der Waals surface area (Å²) in [5.41, 5.74) is -1.08. The standard InChI is InChI=1S/C26H31N5O4S2/c32-21-19(23(34)30(25(36)28-21)15-9-3-1-4-10-15)18(17-13-7-8-14-27-17)20-22(33)29-26(37)31(24(20)35)16-11-5-2-6-12-16/h7-8,13-16,18,34-35H,1-6,9-12H2,(H,28,32,36)(H,29,33,37). The Morgan fingerprint density at radius 3 is 1.65 bits per heavy atom. The predicted molar refractivity (Wildman–Crippen MR) is 145 cm³/mol. The molecule has 9 nitrogen and oxygen atoms in total. The lowest BCUT2D eigenvalue weighted by Gasteiger charge is -2.29. The maximum Gasteiger partial charge on any atom is 0.259 e. The topological polar surface area (TPSA) is 129 Å². The van der Waals surface area contributed by atoms with Crippen LogP contribution >= 0.6 is 24.4 Å². The van der Waals surface area contributed by atoms with Gasteiger partial charge in [0.1, 0.15) is 0 Å². The van der Waals surface area contributed by atoms with Crippen LogP contribution in [0.5, 0.6) is 11.8 Å². The van der Waals surface area contributed by atoms with E-state index in [2.05, 4.69) is 15.0 Å². The highest BCUT2D eigenvalue weighted by molar-refractivity contribution is 7.71. The maximum absolute atomic E-state index is 13.4. The smallest absolute Gasteiger partial charge is 0.259 e. The van der Waals surface area contributed by atoms with Crippen molar-refractivity contribution in [3.63, 3.8) is 0 Å². The lowest BCUT2D eigenvalue weighted by molar-refractivity contribution is 0.295. The molecule has 0 spiro atoms. The minimum Gasteiger partial charge on any atom is -0.494 e. The Balaban J connectivity index is 1.79. The van der Waals surface area contributed by atoms with Crippen LogP contribution in [0.3, 0.4) is 0 Å². The molecule has 0 unspecified atom stereocenters. The first-order valence-corrected chi connectivity index (χ1v) is 13.8. The Bertz CT molecular complexity index is 1420. The third-order valence-corrected chi connectivity index (χ3v) is 8.34. The van der Waals surface area contributed by atoms with E-state index in [-0.39, 0.29) is 44.5 Å². The fourth-order valence-corrected chi connectivity index (χ4v) is 6.62. The Morgan fingerprint density at radius 1 is 0.784 bits per heavy atom. The van der Waals surface area contributed by atoms with Crippen molar-refractivity contribution in [1.29, 1.82) is 0 Å². The molecule has 2 saturated carbocycles. The Kier molecular flexibility index (Phi) is 7.43. The molecule has 0 atom stereocenters. The Morgan fingerprint density at radius 2 is 1.24 bits per heavy atom. The molecule has 0 radical (unpaired) electrons. The van der Waals surface area contributed by atoms with E-state index < -0.39 is 17.0 Å². The van der Waals surface area contributed by atoms with Crippen LogP contribution in [-0.4, -0.2) is 34.3 Å². The van der Waals surface area contributed by atoms with Crippen LogP contribution < -0.4 is 11.1 Å². The zero-order valence-electron chi connectivity index (χ0n) is 20.5. The number of nitrogens with zero attached hydrogens (tertiary/aromatic N) is 3. The van der Waals surface area contributed by atoms with E-state index in [1.165, 1.54) is 0 Å². The molecule has 0 amide bonds. The quantitative estimate of drug-likeness (QED) is 0.330.